The third-order valence-electron chi connectivity index (χ3n) is 6.30. The van der Waals surface area contributed by atoms with Crippen LogP contribution in [0.5, 0.6) is 0 Å². The number of rotatable bonds is 8. The highest BCUT2D eigenvalue weighted by Gasteiger charge is 2.37. The molecule has 0 spiro atoms. The SMILES string of the molecule is CCC1(CNc2ccc(C)nn2)CCCCN1Cc1cccc(C=O)c1-n1nccn1. The zero-order chi connectivity index (χ0) is 21.7. The van der Waals surface area contributed by atoms with Crippen molar-refractivity contribution in [2.24, 2.45) is 0 Å². The number of para-hydroxylation sites is 1. The molecule has 4 rings (SSSR count). The van der Waals surface area contributed by atoms with E-state index in [4.69, 9.17) is 0 Å². The zero-order valence-corrected chi connectivity index (χ0v) is 18.2. The van der Waals surface area contributed by atoms with Gasteiger partial charge in [0.25, 0.3) is 0 Å². The molecule has 2 aromatic heterocycles. The lowest BCUT2D eigenvalue weighted by molar-refractivity contribution is 0.0452. The van der Waals surface area contributed by atoms with E-state index in [2.05, 4.69) is 43.6 Å². The van der Waals surface area contributed by atoms with E-state index < -0.39 is 0 Å². The first-order chi connectivity index (χ1) is 15.1. The van der Waals surface area contributed by atoms with Gasteiger partial charge in [-0.15, -0.1) is 5.10 Å². The Labute approximate surface area is 182 Å². The molecule has 3 heterocycles. The van der Waals surface area contributed by atoms with Gasteiger partial charge >= 0.3 is 0 Å². The minimum absolute atomic E-state index is 0.00316. The van der Waals surface area contributed by atoms with Gasteiger partial charge in [0.15, 0.2) is 6.29 Å². The molecule has 162 valence electrons. The van der Waals surface area contributed by atoms with Gasteiger partial charge in [0.2, 0.25) is 0 Å². The fourth-order valence-corrected chi connectivity index (χ4v) is 4.49. The highest BCUT2D eigenvalue weighted by Crippen LogP contribution is 2.34. The molecule has 1 aromatic carbocycles. The predicted molar refractivity (Wildman–Crippen MR) is 119 cm³/mol. The molecule has 1 aliphatic heterocycles. The minimum Gasteiger partial charge on any atom is -0.367 e. The second kappa shape index (κ2) is 9.34. The third kappa shape index (κ3) is 4.49. The smallest absolute Gasteiger partial charge is 0.152 e. The number of piperidine rings is 1. The summed E-state index contributed by atoms with van der Waals surface area (Å²) in [6.07, 6.45) is 8.64. The van der Waals surface area contributed by atoms with Crippen molar-refractivity contribution in [3.05, 3.63) is 59.5 Å². The number of benzene rings is 1. The molecule has 1 atom stereocenters. The summed E-state index contributed by atoms with van der Waals surface area (Å²) in [6, 6.07) is 9.77. The Balaban J connectivity index is 1.61. The summed E-state index contributed by atoms with van der Waals surface area (Å²) < 4.78 is 0. The van der Waals surface area contributed by atoms with Crippen LogP contribution in [-0.2, 0) is 6.54 Å². The van der Waals surface area contributed by atoms with Crippen molar-refractivity contribution < 1.29 is 4.79 Å². The first-order valence-electron chi connectivity index (χ1n) is 10.9. The second-order valence-electron chi connectivity index (χ2n) is 8.16. The Morgan fingerprint density at radius 1 is 1.13 bits per heavy atom. The maximum atomic E-state index is 11.7. The molecule has 1 unspecified atom stereocenters. The van der Waals surface area contributed by atoms with Crippen molar-refractivity contribution in [1.29, 1.82) is 0 Å². The molecule has 31 heavy (non-hydrogen) atoms. The molecule has 8 nitrogen and oxygen atoms in total. The van der Waals surface area contributed by atoms with Crippen LogP contribution in [0.1, 0.15) is 54.2 Å². The van der Waals surface area contributed by atoms with E-state index in [0.717, 1.165) is 67.9 Å². The van der Waals surface area contributed by atoms with E-state index >= 15 is 0 Å². The van der Waals surface area contributed by atoms with E-state index in [1.165, 1.54) is 6.42 Å². The average Bonchev–Trinajstić information content (AvgIpc) is 3.34. The van der Waals surface area contributed by atoms with Crippen LogP contribution in [-0.4, -0.2) is 55.0 Å². The molecule has 1 saturated heterocycles. The summed E-state index contributed by atoms with van der Waals surface area (Å²) in [4.78, 5) is 15.8. The lowest BCUT2D eigenvalue weighted by atomic mass is 9.83. The van der Waals surface area contributed by atoms with E-state index in [1.54, 1.807) is 17.2 Å². The van der Waals surface area contributed by atoms with Gasteiger partial charge in [0.1, 0.15) is 11.5 Å². The summed E-state index contributed by atoms with van der Waals surface area (Å²) in [7, 11) is 0. The number of carbonyl (C=O) groups is 1. The summed E-state index contributed by atoms with van der Waals surface area (Å²) in [5.41, 5.74) is 3.31. The van der Waals surface area contributed by atoms with E-state index in [1.807, 2.05) is 31.2 Å². The maximum absolute atomic E-state index is 11.7. The quantitative estimate of drug-likeness (QED) is 0.560. The molecule has 1 fully saturated rings. The van der Waals surface area contributed by atoms with Crippen LogP contribution in [0.2, 0.25) is 0 Å². The summed E-state index contributed by atoms with van der Waals surface area (Å²) in [5.74, 6) is 0.799. The number of nitrogens with one attached hydrogen (secondary N) is 1. The number of hydrogen-bond donors (Lipinski definition) is 1. The molecule has 0 saturated carbocycles. The second-order valence-corrected chi connectivity index (χ2v) is 8.16. The van der Waals surface area contributed by atoms with Crippen LogP contribution in [0, 0.1) is 6.92 Å². The molecule has 0 radical (unpaired) electrons. The normalized spacial score (nSPS) is 19.3. The van der Waals surface area contributed by atoms with Gasteiger partial charge in [-0.3, -0.25) is 9.69 Å². The van der Waals surface area contributed by atoms with E-state index in [-0.39, 0.29) is 5.54 Å². The Hall–Kier alpha value is -3.13. The molecule has 1 N–H and O–H groups in total. The first-order valence-corrected chi connectivity index (χ1v) is 10.9. The molecule has 0 aliphatic carbocycles. The summed E-state index contributed by atoms with van der Waals surface area (Å²) >= 11 is 0. The molecular formula is C23H29N7O. The fourth-order valence-electron chi connectivity index (χ4n) is 4.49. The van der Waals surface area contributed by atoms with E-state index in [9.17, 15) is 4.79 Å². The first kappa shape index (κ1) is 21.1. The molecular weight excluding hydrogens is 390 g/mol. The van der Waals surface area contributed by atoms with Gasteiger partial charge in [-0.05, 0) is 56.5 Å². The largest absolute Gasteiger partial charge is 0.367 e. The van der Waals surface area contributed by atoms with Crippen LogP contribution >= 0.6 is 0 Å². The van der Waals surface area contributed by atoms with Gasteiger partial charge in [-0.2, -0.15) is 20.1 Å². The standard InChI is InChI=1S/C23H29N7O/c1-3-23(17-24-21-10-9-18(2)27-28-21)11-4-5-14-29(23)15-19-7-6-8-20(16-31)22(19)30-25-12-13-26-30/h6-10,12-13,16H,3-5,11,14-15,17H2,1-2H3,(H,24,28). The number of aldehydes is 1. The fraction of sp³-hybridized carbons (Fsp3) is 0.435. The van der Waals surface area contributed by atoms with Crippen LogP contribution in [0.15, 0.2) is 42.7 Å². The van der Waals surface area contributed by atoms with Gasteiger partial charge in [-0.25, -0.2) is 0 Å². The predicted octanol–water partition coefficient (Wildman–Crippen LogP) is 3.43. The van der Waals surface area contributed by atoms with Crippen molar-refractivity contribution in [2.75, 3.05) is 18.4 Å². The zero-order valence-electron chi connectivity index (χ0n) is 18.2. The molecule has 1 aliphatic rings. The van der Waals surface area contributed by atoms with Gasteiger partial charge in [0, 0.05) is 24.2 Å². The van der Waals surface area contributed by atoms with Crippen molar-refractivity contribution in [3.63, 3.8) is 0 Å². The van der Waals surface area contributed by atoms with Gasteiger partial charge < -0.3 is 5.32 Å². The number of aromatic nitrogens is 5. The number of carbonyl (C=O) groups excluding carboxylic acids is 1. The minimum atomic E-state index is -0.00316. The van der Waals surface area contributed by atoms with Crippen molar-refractivity contribution in [1.82, 2.24) is 30.1 Å². The van der Waals surface area contributed by atoms with Crippen LogP contribution in [0.25, 0.3) is 5.69 Å². The highest BCUT2D eigenvalue weighted by molar-refractivity contribution is 5.81. The van der Waals surface area contributed by atoms with Gasteiger partial charge in [-0.1, -0.05) is 25.5 Å². The number of hydrogen-bond acceptors (Lipinski definition) is 7. The Kier molecular flexibility index (Phi) is 6.36. The van der Waals surface area contributed by atoms with Crippen molar-refractivity contribution >= 4 is 12.1 Å². The molecule has 0 bridgehead atoms. The topological polar surface area (TPSA) is 88.8 Å². The lowest BCUT2D eigenvalue weighted by Crippen LogP contribution is -2.55. The van der Waals surface area contributed by atoms with E-state index in [0.29, 0.717) is 5.56 Å². The third-order valence-corrected chi connectivity index (χ3v) is 6.30. The molecule has 3 aromatic rings. The van der Waals surface area contributed by atoms with Gasteiger partial charge in [0.05, 0.1) is 18.1 Å². The summed E-state index contributed by atoms with van der Waals surface area (Å²) in [5, 5.41) is 20.5. The van der Waals surface area contributed by atoms with Crippen LogP contribution in [0.3, 0.4) is 0 Å². The lowest BCUT2D eigenvalue weighted by Gasteiger charge is -2.47. The maximum Gasteiger partial charge on any atom is 0.152 e. The Morgan fingerprint density at radius 3 is 2.68 bits per heavy atom. The molecule has 0 amide bonds. The highest BCUT2D eigenvalue weighted by atomic mass is 16.1. The van der Waals surface area contributed by atoms with Crippen molar-refractivity contribution in [2.45, 2.75) is 51.6 Å². The number of aryl methyl sites for hydroxylation is 1. The Morgan fingerprint density at radius 2 is 1.97 bits per heavy atom. The van der Waals surface area contributed by atoms with Crippen LogP contribution < -0.4 is 5.32 Å². The molecule has 8 heteroatoms. The Bertz CT molecular complexity index is 1000. The number of anilines is 1. The number of nitrogens with zero attached hydrogens (tertiary/aromatic N) is 6. The van der Waals surface area contributed by atoms with Crippen LogP contribution in [0.4, 0.5) is 5.82 Å². The summed E-state index contributed by atoms with van der Waals surface area (Å²) in [6.45, 7) is 6.72. The van der Waals surface area contributed by atoms with Crippen molar-refractivity contribution in [3.8, 4) is 5.69 Å². The number of likely N-dealkylation sites (tertiary alicyclic amines) is 1. The monoisotopic (exact) mass is 419 g/mol. The average molecular weight is 420 g/mol.